The summed E-state index contributed by atoms with van der Waals surface area (Å²) in [5.41, 5.74) is -3.13. The van der Waals surface area contributed by atoms with Crippen LogP contribution in [0, 0.1) is 11.8 Å². The van der Waals surface area contributed by atoms with Crippen LogP contribution in [0.25, 0.3) is 0 Å². The zero-order valence-corrected chi connectivity index (χ0v) is 31.4. The molecule has 0 spiro atoms. The fourth-order valence-electron chi connectivity index (χ4n) is 6.35. The fourth-order valence-corrected chi connectivity index (χ4v) is 6.35. The highest BCUT2D eigenvalue weighted by Crippen LogP contribution is 2.62. The normalized spacial score (nSPS) is 23.0. The maximum absolute atomic E-state index is 14.6. The van der Waals surface area contributed by atoms with Gasteiger partial charge in [-0.05, 0) is 51.4 Å². The van der Waals surface area contributed by atoms with E-state index in [2.05, 4.69) is 20.8 Å². The Balaban J connectivity index is 2.52. The first kappa shape index (κ1) is 56.9. The van der Waals surface area contributed by atoms with E-state index in [1.54, 1.807) is 0 Å². The van der Waals surface area contributed by atoms with Crippen molar-refractivity contribution >= 4 is 23.9 Å². The van der Waals surface area contributed by atoms with Crippen molar-refractivity contribution in [3.8, 4) is 0 Å². The van der Waals surface area contributed by atoms with Gasteiger partial charge in [0.05, 0.1) is 0 Å². The average Bonchev–Trinajstić information content (AvgIpc) is 3.11. The van der Waals surface area contributed by atoms with E-state index >= 15 is 0 Å². The molecule has 0 aromatic carbocycles. The van der Waals surface area contributed by atoms with Crippen LogP contribution in [-0.2, 0) is 38.1 Å². The van der Waals surface area contributed by atoms with Crippen LogP contribution in [0.4, 0.5) is 114 Å². The van der Waals surface area contributed by atoms with Gasteiger partial charge >= 0.3 is 95.5 Å². The molecule has 0 amide bonds. The zero-order valence-electron chi connectivity index (χ0n) is 31.4. The Morgan fingerprint density at radius 2 is 0.938 bits per heavy atom. The van der Waals surface area contributed by atoms with Crippen molar-refractivity contribution in [1.29, 1.82) is 0 Å². The summed E-state index contributed by atoms with van der Waals surface area (Å²) >= 11 is 0. The molecule has 2 saturated carbocycles. The van der Waals surface area contributed by atoms with Crippen molar-refractivity contribution in [3.63, 3.8) is 0 Å². The Kier molecular flexibility index (Phi) is 14.7. The van der Waals surface area contributed by atoms with Crippen LogP contribution in [0.3, 0.4) is 0 Å². The molecule has 0 saturated heterocycles. The van der Waals surface area contributed by atoms with Gasteiger partial charge in [-0.2, -0.15) is 114 Å². The second-order valence-electron chi connectivity index (χ2n) is 14.6. The minimum atomic E-state index is -8.48. The van der Waals surface area contributed by atoms with E-state index in [9.17, 15) is 133 Å². The van der Waals surface area contributed by atoms with Crippen LogP contribution in [0.1, 0.15) is 46.0 Å². The van der Waals surface area contributed by atoms with Gasteiger partial charge in [0.1, 0.15) is 17.8 Å². The fraction of sp³-hybridized carbons (Fsp3) is 0.806. The Morgan fingerprint density at radius 3 is 1.32 bits per heavy atom. The standard InChI is InChI=1S/C31H24F26O8/c1-10(2)16(59)62-9-15(58)65-19-6-12(5-14(8-19)64-18(61)21(34,35)23(38,39)25(42,43)27(46,47)29(50,51)31(55,56)57)4-13(7-19)11(3)63-17(60)20(32,33)22(36,37)24(40,41)26(44,45)28(48,49)30(52,53)54/h11-14H,1,4-9H2,2-3H3. The lowest BCUT2D eigenvalue weighted by atomic mass is 9.63. The summed E-state index contributed by atoms with van der Waals surface area (Å²) in [6.07, 6.45) is -26.5. The van der Waals surface area contributed by atoms with Gasteiger partial charge in [-0.1, -0.05) is 6.58 Å². The number of rotatable bonds is 17. The Hall–Kier alpha value is -4.20. The first-order valence-electron chi connectivity index (χ1n) is 16.8. The number of esters is 4. The van der Waals surface area contributed by atoms with E-state index in [1.807, 2.05) is 0 Å². The molecule has 8 nitrogen and oxygen atoms in total. The number of fused-ring (bicyclic) bond motifs is 2. The molecule has 0 heterocycles. The first-order chi connectivity index (χ1) is 28.4. The van der Waals surface area contributed by atoms with E-state index in [1.165, 1.54) is 0 Å². The number of halogens is 26. The van der Waals surface area contributed by atoms with Crippen LogP contribution in [0.2, 0.25) is 0 Å². The van der Waals surface area contributed by atoms with Crippen molar-refractivity contribution < 1.29 is 152 Å². The summed E-state index contributed by atoms with van der Waals surface area (Å²) in [7, 11) is 0. The summed E-state index contributed by atoms with van der Waals surface area (Å²) < 4.78 is 371. The van der Waals surface area contributed by atoms with Gasteiger partial charge in [-0.3, -0.25) is 0 Å². The molecule has 0 aromatic heterocycles. The summed E-state index contributed by atoms with van der Waals surface area (Å²) in [5, 5.41) is 0. The third kappa shape index (κ3) is 9.27. The Bertz CT molecular complexity index is 1840. The highest BCUT2D eigenvalue weighted by molar-refractivity contribution is 5.88. The molecule has 2 aliphatic carbocycles. The minimum absolute atomic E-state index is 0.338. The van der Waals surface area contributed by atoms with Gasteiger partial charge in [-0.15, -0.1) is 0 Å². The molecular formula is C31H24F26O8. The highest BCUT2D eigenvalue weighted by atomic mass is 19.4. The van der Waals surface area contributed by atoms with Crippen molar-refractivity contribution in [2.24, 2.45) is 11.8 Å². The Labute approximate surface area is 342 Å². The topological polar surface area (TPSA) is 105 Å². The quantitative estimate of drug-likeness (QED) is 0.0614. The molecule has 2 rings (SSSR count). The number of hydrogen-bond donors (Lipinski definition) is 0. The smallest absolute Gasteiger partial charge is 0.458 e. The lowest BCUT2D eigenvalue weighted by Crippen LogP contribution is -2.71. The lowest BCUT2D eigenvalue weighted by molar-refractivity contribution is -0.437. The molecule has 5 atom stereocenters. The molecule has 0 N–H and O–H groups in total. The summed E-state index contributed by atoms with van der Waals surface area (Å²) in [6.45, 7) is 2.90. The van der Waals surface area contributed by atoms with Crippen LogP contribution in [-0.4, -0.2) is 120 Å². The monoisotopic (exact) mass is 1020 g/mol. The van der Waals surface area contributed by atoms with E-state index in [-0.39, 0.29) is 0 Å². The van der Waals surface area contributed by atoms with Crippen molar-refractivity contribution in [2.75, 3.05) is 6.61 Å². The van der Waals surface area contributed by atoms with E-state index in [0.29, 0.717) is 6.92 Å². The van der Waals surface area contributed by atoms with Gasteiger partial charge in [0, 0.05) is 12.0 Å². The van der Waals surface area contributed by atoms with Gasteiger partial charge in [0.15, 0.2) is 6.61 Å². The molecule has 2 aliphatic rings. The number of alkyl halides is 26. The molecule has 378 valence electrons. The van der Waals surface area contributed by atoms with Crippen LogP contribution >= 0.6 is 0 Å². The van der Waals surface area contributed by atoms with Crippen LogP contribution < -0.4 is 0 Å². The maximum Gasteiger partial charge on any atom is 0.460 e. The zero-order chi connectivity index (χ0) is 51.8. The minimum Gasteiger partial charge on any atom is -0.458 e. The van der Waals surface area contributed by atoms with Gasteiger partial charge in [0.25, 0.3) is 0 Å². The third-order valence-corrected chi connectivity index (χ3v) is 9.74. The second kappa shape index (κ2) is 16.8. The second-order valence-corrected chi connectivity index (χ2v) is 14.6. The van der Waals surface area contributed by atoms with Crippen LogP contribution in [0.5, 0.6) is 0 Å². The van der Waals surface area contributed by atoms with E-state index < -0.39 is 169 Å². The predicted octanol–water partition coefficient (Wildman–Crippen LogP) is 9.92. The maximum atomic E-state index is 14.6. The molecule has 5 unspecified atom stereocenters. The van der Waals surface area contributed by atoms with Gasteiger partial charge in [-0.25, -0.2) is 19.2 Å². The van der Waals surface area contributed by atoms with Crippen molar-refractivity contribution in [1.82, 2.24) is 0 Å². The van der Waals surface area contributed by atoms with E-state index in [4.69, 9.17) is 4.74 Å². The molecule has 2 fully saturated rings. The van der Waals surface area contributed by atoms with Gasteiger partial charge in [0.2, 0.25) is 0 Å². The summed E-state index contributed by atoms with van der Waals surface area (Å²) in [5.74, 6) is -96.5. The molecule has 0 aromatic rings. The molecule has 0 radical (unpaired) electrons. The number of carbonyl (C=O) groups is 4. The number of carbonyl (C=O) groups excluding carboxylic acids is 4. The Morgan fingerprint density at radius 1 is 0.554 bits per heavy atom. The lowest BCUT2D eigenvalue weighted by Gasteiger charge is -2.50. The molecule has 2 bridgehead atoms. The van der Waals surface area contributed by atoms with Crippen LogP contribution in [0.15, 0.2) is 12.2 Å². The number of ether oxygens (including phenoxy) is 4. The predicted molar refractivity (Wildman–Crippen MR) is 152 cm³/mol. The van der Waals surface area contributed by atoms with Gasteiger partial charge < -0.3 is 18.9 Å². The highest BCUT2D eigenvalue weighted by Gasteiger charge is 2.93. The van der Waals surface area contributed by atoms with E-state index in [0.717, 1.165) is 6.92 Å². The average molecular weight is 1020 g/mol. The molecular weight excluding hydrogens is 994 g/mol. The molecule has 0 aliphatic heterocycles. The first-order valence-corrected chi connectivity index (χ1v) is 16.8. The molecule has 34 heteroatoms. The van der Waals surface area contributed by atoms with Crippen molar-refractivity contribution in [3.05, 3.63) is 12.2 Å². The van der Waals surface area contributed by atoms with Crippen molar-refractivity contribution in [2.45, 2.75) is 135 Å². The SMILES string of the molecule is C=C(C)C(=O)OCC(=O)OC12CC(CC(OC(=O)C(F)(F)C(F)(F)C(F)(F)C(F)(F)C(F)(F)C(F)(F)F)C1)CC(C(C)OC(=O)C(F)(F)C(F)(F)C(F)(F)C(F)(F)C(F)(F)C(F)(F)F)C2. The number of hydrogen-bond acceptors (Lipinski definition) is 8. The largest absolute Gasteiger partial charge is 0.460 e. The third-order valence-electron chi connectivity index (χ3n) is 9.74. The summed E-state index contributed by atoms with van der Waals surface area (Å²) in [4.78, 5) is 48.6. The summed E-state index contributed by atoms with van der Waals surface area (Å²) in [6, 6.07) is 0. The molecule has 65 heavy (non-hydrogen) atoms.